The molecule has 0 saturated carbocycles. The zero-order chi connectivity index (χ0) is 15.1. The number of ether oxygens (including phenoxy) is 2. The number of benzene rings is 1. The van der Waals surface area contributed by atoms with E-state index in [1.165, 1.54) is 0 Å². The van der Waals surface area contributed by atoms with Gasteiger partial charge in [-0.05, 0) is 31.5 Å². The highest BCUT2D eigenvalue weighted by Gasteiger charge is 2.16. The first kappa shape index (κ1) is 16.3. The van der Waals surface area contributed by atoms with Crippen LogP contribution in [0, 0.1) is 0 Å². The maximum Gasteiger partial charge on any atom is 0.162 e. The molecule has 0 radical (unpaired) electrons. The monoisotopic (exact) mass is 311 g/mol. The van der Waals surface area contributed by atoms with Crippen LogP contribution in [-0.2, 0) is 10.8 Å². The largest absolute Gasteiger partial charge is 0.490 e. The summed E-state index contributed by atoms with van der Waals surface area (Å²) in [6.45, 7) is 6.56. The van der Waals surface area contributed by atoms with Crippen molar-refractivity contribution in [1.29, 1.82) is 0 Å². The molecule has 0 aromatic heterocycles. The molecular formula is C16H25NO3S. The SMILES string of the molecule is CCCNC(CC)CS(=O)c1ccc2c(c1)OCCCO2. The molecule has 0 bridgehead atoms. The van der Waals surface area contributed by atoms with Gasteiger partial charge in [0.2, 0.25) is 0 Å². The maximum absolute atomic E-state index is 12.5. The normalized spacial score (nSPS) is 17.0. The Kier molecular flexibility index (Phi) is 6.51. The van der Waals surface area contributed by atoms with Crippen molar-refractivity contribution in [3.8, 4) is 11.5 Å². The highest BCUT2D eigenvalue weighted by molar-refractivity contribution is 7.85. The number of hydrogen-bond donors (Lipinski definition) is 1. The van der Waals surface area contributed by atoms with E-state index in [-0.39, 0.29) is 0 Å². The van der Waals surface area contributed by atoms with Crippen molar-refractivity contribution >= 4 is 10.8 Å². The molecule has 1 aliphatic heterocycles. The molecule has 2 atom stereocenters. The zero-order valence-electron chi connectivity index (χ0n) is 12.9. The standard InChI is InChI=1S/C16H25NO3S/c1-3-8-17-13(4-2)12-21(18)14-6-7-15-16(11-14)20-10-5-9-19-15/h6-7,11,13,17H,3-5,8-10,12H2,1-2H3. The van der Waals surface area contributed by atoms with Crippen LogP contribution >= 0.6 is 0 Å². The van der Waals surface area contributed by atoms with Gasteiger partial charge in [0.1, 0.15) is 0 Å². The van der Waals surface area contributed by atoms with Crippen molar-refractivity contribution in [2.75, 3.05) is 25.5 Å². The summed E-state index contributed by atoms with van der Waals surface area (Å²) in [5.74, 6) is 2.10. The lowest BCUT2D eigenvalue weighted by atomic mass is 10.2. The van der Waals surface area contributed by atoms with Gasteiger partial charge in [0, 0.05) is 29.2 Å². The summed E-state index contributed by atoms with van der Waals surface area (Å²) >= 11 is 0. The van der Waals surface area contributed by atoms with Crippen LogP contribution in [0.2, 0.25) is 0 Å². The highest BCUT2D eigenvalue weighted by atomic mass is 32.2. The molecule has 1 N–H and O–H groups in total. The minimum Gasteiger partial charge on any atom is -0.490 e. The molecule has 2 unspecified atom stereocenters. The fraction of sp³-hybridized carbons (Fsp3) is 0.625. The Labute approximate surface area is 129 Å². The Morgan fingerprint density at radius 2 is 2.00 bits per heavy atom. The molecule has 0 spiro atoms. The van der Waals surface area contributed by atoms with E-state index >= 15 is 0 Å². The smallest absolute Gasteiger partial charge is 0.162 e. The van der Waals surface area contributed by atoms with Gasteiger partial charge < -0.3 is 14.8 Å². The van der Waals surface area contributed by atoms with Crippen LogP contribution < -0.4 is 14.8 Å². The van der Waals surface area contributed by atoms with Crippen LogP contribution in [0.15, 0.2) is 23.1 Å². The number of nitrogens with one attached hydrogen (secondary N) is 1. The summed E-state index contributed by atoms with van der Waals surface area (Å²) in [5.41, 5.74) is 0. The quantitative estimate of drug-likeness (QED) is 0.841. The van der Waals surface area contributed by atoms with Gasteiger partial charge in [0.25, 0.3) is 0 Å². The summed E-state index contributed by atoms with van der Waals surface area (Å²) in [6, 6.07) is 5.91. The third kappa shape index (κ3) is 4.71. The van der Waals surface area contributed by atoms with Gasteiger partial charge in [-0.1, -0.05) is 13.8 Å². The summed E-state index contributed by atoms with van der Waals surface area (Å²) < 4.78 is 23.8. The number of hydrogen-bond acceptors (Lipinski definition) is 4. The Bertz CT molecular complexity index is 479. The molecule has 0 amide bonds. The minimum atomic E-state index is -1.02. The summed E-state index contributed by atoms with van der Waals surface area (Å²) in [4.78, 5) is 0.816. The lowest BCUT2D eigenvalue weighted by Crippen LogP contribution is -2.34. The van der Waals surface area contributed by atoms with E-state index in [4.69, 9.17) is 9.47 Å². The summed E-state index contributed by atoms with van der Waals surface area (Å²) in [6.07, 6.45) is 2.95. The number of fused-ring (bicyclic) bond motifs is 1. The average molecular weight is 311 g/mol. The second kappa shape index (κ2) is 8.39. The van der Waals surface area contributed by atoms with Crippen molar-refractivity contribution in [2.24, 2.45) is 0 Å². The second-order valence-corrected chi connectivity index (χ2v) is 6.73. The Morgan fingerprint density at radius 1 is 1.24 bits per heavy atom. The Morgan fingerprint density at radius 3 is 2.71 bits per heavy atom. The topological polar surface area (TPSA) is 47.6 Å². The molecule has 1 aromatic rings. The van der Waals surface area contributed by atoms with Crippen molar-refractivity contribution in [3.63, 3.8) is 0 Å². The van der Waals surface area contributed by atoms with E-state index in [0.717, 1.165) is 36.5 Å². The predicted molar refractivity (Wildman–Crippen MR) is 85.7 cm³/mol. The van der Waals surface area contributed by atoms with E-state index in [1.807, 2.05) is 18.2 Å². The van der Waals surface area contributed by atoms with Crippen LogP contribution in [-0.4, -0.2) is 35.8 Å². The first-order chi connectivity index (χ1) is 10.2. The summed E-state index contributed by atoms with van der Waals surface area (Å²) in [7, 11) is -1.02. The van der Waals surface area contributed by atoms with E-state index in [9.17, 15) is 4.21 Å². The van der Waals surface area contributed by atoms with Gasteiger partial charge >= 0.3 is 0 Å². The van der Waals surface area contributed by atoms with Crippen LogP contribution in [0.3, 0.4) is 0 Å². The number of rotatable bonds is 7. The zero-order valence-corrected chi connectivity index (χ0v) is 13.7. The molecule has 0 fully saturated rings. The fourth-order valence-electron chi connectivity index (χ4n) is 2.23. The van der Waals surface area contributed by atoms with Crippen molar-refractivity contribution < 1.29 is 13.7 Å². The van der Waals surface area contributed by atoms with E-state index in [2.05, 4.69) is 19.2 Å². The average Bonchev–Trinajstić information content (AvgIpc) is 2.75. The molecule has 0 aliphatic carbocycles. The molecule has 21 heavy (non-hydrogen) atoms. The lowest BCUT2D eigenvalue weighted by molar-refractivity contribution is 0.297. The van der Waals surface area contributed by atoms with E-state index in [1.54, 1.807) is 0 Å². The molecule has 2 rings (SSSR count). The molecule has 1 aromatic carbocycles. The molecular weight excluding hydrogens is 286 g/mol. The first-order valence-corrected chi connectivity index (χ1v) is 9.07. The van der Waals surface area contributed by atoms with Gasteiger partial charge in [-0.2, -0.15) is 0 Å². The molecule has 4 nitrogen and oxygen atoms in total. The lowest BCUT2D eigenvalue weighted by Gasteiger charge is -2.16. The van der Waals surface area contributed by atoms with E-state index < -0.39 is 10.8 Å². The first-order valence-electron chi connectivity index (χ1n) is 7.76. The van der Waals surface area contributed by atoms with Crippen LogP contribution in [0.25, 0.3) is 0 Å². The third-order valence-electron chi connectivity index (χ3n) is 3.51. The maximum atomic E-state index is 12.5. The molecule has 5 heteroatoms. The molecule has 1 aliphatic rings. The second-order valence-electron chi connectivity index (χ2n) is 5.23. The van der Waals surface area contributed by atoms with E-state index in [0.29, 0.717) is 30.8 Å². The van der Waals surface area contributed by atoms with Gasteiger partial charge in [-0.25, -0.2) is 0 Å². The Hall–Kier alpha value is -1.07. The van der Waals surface area contributed by atoms with Crippen molar-refractivity contribution in [3.05, 3.63) is 18.2 Å². The van der Waals surface area contributed by atoms with Gasteiger partial charge in [-0.15, -0.1) is 0 Å². The van der Waals surface area contributed by atoms with Gasteiger partial charge in [0.15, 0.2) is 11.5 Å². The van der Waals surface area contributed by atoms with Gasteiger partial charge in [-0.3, -0.25) is 4.21 Å². The molecule has 0 saturated heterocycles. The minimum absolute atomic E-state index is 0.293. The predicted octanol–water partition coefficient (Wildman–Crippen LogP) is 2.73. The van der Waals surface area contributed by atoms with Crippen LogP contribution in [0.5, 0.6) is 11.5 Å². The van der Waals surface area contributed by atoms with Crippen LogP contribution in [0.4, 0.5) is 0 Å². The van der Waals surface area contributed by atoms with Crippen molar-refractivity contribution in [1.82, 2.24) is 5.32 Å². The van der Waals surface area contributed by atoms with Crippen molar-refractivity contribution in [2.45, 2.75) is 44.0 Å². The highest BCUT2D eigenvalue weighted by Crippen LogP contribution is 2.31. The fourth-order valence-corrected chi connectivity index (χ4v) is 3.60. The van der Waals surface area contributed by atoms with Crippen LogP contribution in [0.1, 0.15) is 33.1 Å². The van der Waals surface area contributed by atoms with Gasteiger partial charge in [0.05, 0.1) is 24.0 Å². The summed E-state index contributed by atoms with van der Waals surface area (Å²) in [5, 5.41) is 3.44. The third-order valence-corrected chi connectivity index (χ3v) is 5.00. The molecule has 1 heterocycles. The molecule has 118 valence electrons. The Balaban J connectivity index is 2.03.